The average molecular weight is 344 g/mol. The Kier molecular flexibility index (Phi) is 10.3. The zero-order chi connectivity index (χ0) is 18.3. The van der Waals surface area contributed by atoms with Crippen molar-refractivity contribution in [1.29, 1.82) is 0 Å². The lowest BCUT2D eigenvalue weighted by molar-refractivity contribution is -0.138. The Bertz CT molecular complexity index is 562. The Balaban J connectivity index is 0.000000250. The van der Waals surface area contributed by atoms with E-state index in [1.54, 1.807) is 24.8 Å². The van der Waals surface area contributed by atoms with Gasteiger partial charge in [0.25, 0.3) is 0 Å². The van der Waals surface area contributed by atoms with E-state index in [1.807, 2.05) is 24.3 Å². The molecule has 0 radical (unpaired) electrons. The monoisotopic (exact) mass is 344 g/mol. The lowest BCUT2D eigenvalue weighted by atomic mass is 10.1. The number of nitrogens with zero attached hydrogens (tertiary/aromatic N) is 2. The first-order valence-electron chi connectivity index (χ1n) is 8.33. The molecule has 2 N–H and O–H groups in total. The number of hydrogen-bond donors (Lipinski definition) is 2. The zero-order valence-electron chi connectivity index (χ0n) is 14.2. The molecule has 0 unspecified atom stereocenters. The molecule has 0 aromatic carbocycles. The highest BCUT2D eigenvalue weighted by molar-refractivity contribution is 5.66. The van der Waals surface area contributed by atoms with E-state index >= 15 is 0 Å². The van der Waals surface area contributed by atoms with Gasteiger partial charge >= 0.3 is 11.9 Å². The van der Waals surface area contributed by atoms with Gasteiger partial charge in [0.2, 0.25) is 0 Å². The van der Waals surface area contributed by atoms with Crippen LogP contribution in [0.25, 0.3) is 11.1 Å². The third-order valence-corrected chi connectivity index (χ3v) is 3.48. The maximum Gasteiger partial charge on any atom is 0.303 e. The van der Waals surface area contributed by atoms with Crippen LogP contribution < -0.4 is 0 Å². The van der Waals surface area contributed by atoms with E-state index < -0.39 is 11.9 Å². The molecule has 0 spiro atoms. The van der Waals surface area contributed by atoms with E-state index in [9.17, 15) is 9.59 Å². The first kappa shape index (κ1) is 20.3. The summed E-state index contributed by atoms with van der Waals surface area (Å²) in [6.07, 6.45) is 11.7. The summed E-state index contributed by atoms with van der Waals surface area (Å²) in [6, 6.07) is 7.93. The predicted molar refractivity (Wildman–Crippen MR) is 95.1 cm³/mol. The van der Waals surface area contributed by atoms with Crippen LogP contribution in [0, 0.1) is 0 Å². The van der Waals surface area contributed by atoms with Crippen LogP contribution in [-0.4, -0.2) is 32.1 Å². The second kappa shape index (κ2) is 12.6. The van der Waals surface area contributed by atoms with E-state index in [-0.39, 0.29) is 12.8 Å². The average Bonchev–Trinajstić information content (AvgIpc) is 2.62. The summed E-state index contributed by atoms with van der Waals surface area (Å²) < 4.78 is 0. The Morgan fingerprint density at radius 3 is 1.28 bits per heavy atom. The summed E-state index contributed by atoms with van der Waals surface area (Å²) in [5, 5.41) is 16.6. The van der Waals surface area contributed by atoms with Crippen molar-refractivity contribution in [1.82, 2.24) is 9.97 Å². The van der Waals surface area contributed by atoms with Crippen LogP contribution >= 0.6 is 0 Å². The van der Waals surface area contributed by atoms with Gasteiger partial charge in [0.1, 0.15) is 0 Å². The van der Waals surface area contributed by atoms with E-state index in [0.29, 0.717) is 12.8 Å². The molecular weight excluding hydrogens is 320 g/mol. The highest BCUT2D eigenvalue weighted by Gasteiger charge is 1.98. The van der Waals surface area contributed by atoms with Gasteiger partial charge in [-0.1, -0.05) is 19.3 Å². The molecule has 0 saturated carbocycles. The molecule has 0 aliphatic heterocycles. The molecule has 6 nitrogen and oxygen atoms in total. The number of carbonyl (C=O) groups is 2. The maximum atomic E-state index is 10.1. The quantitative estimate of drug-likeness (QED) is 0.666. The Morgan fingerprint density at radius 2 is 0.960 bits per heavy atom. The molecule has 2 heterocycles. The van der Waals surface area contributed by atoms with Crippen LogP contribution in [0.15, 0.2) is 49.1 Å². The molecule has 0 aliphatic carbocycles. The minimum absolute atomic E-state index is 0.221. The molecule has 6 heteroatoms. The normalized spacial score (nSPS) is 9.76. The van der Waals surface area contributed by atoms with Crippen LogP contribution in [0.4, 0.5) is 0 Å². The Labute approximate surface area is 147 Å². The predicted octanol–water partition coefficient (Wildman–Crippen LogP) is 4.03. The fourth-order valence-corrected chi connectivity index (χ4v) is 2.17. The third-order valence-electron chi connectivity index (χ3n) is 3.48. The first-order valence-corrected chi connectivity index (χ1v) is 8.33. The van der Waals surface area contributed by atoms with E-state index in [4.69, 9.17) is 10.2 Å². The molecule has 0 atom stereocenters. The number of pyridine rings is 2. The number of aliphatic carboxylic acids is 2. The van der Waals surface area contributed by atoms with Gasteiger partial charge in [0.05, 0.1) is 0 Å². The summed E-state index contributed by atoms with van der Waals surface area (Å²) in [6.45, 7) is 0. The minimum atomic E-state index is -0.759. The second-order valence-electron chi connectivity index (χ2n) is 5.53. The largest absolute Gasteiger partial charge is 0.481 e. The molecule has 25 heavy (non-hydrogen) atoms. The van der Waals surface area contributed by atoms with Crippen LogP contribution in [0.1, 0.15) is 44.9 Å². The smallest absolute Gasteiger partial charge is 0.303 e. The highest BCUT2D eigenvalue weighted by atomic mass is 16.4. The molecule has 134 valence electrons. The number of aromatic nitrogens is 2. The van der Waals surface area contributed by atoms with Gasteiger partial charge in [0, 0.05) is 37.6 Å². The molecule has 0 saturated heterocycles. The molecule has 0 fully saturated rings. The van der Waals surface area contributed by atoms with Gasteiger partial charge in [-0.2, -0.15) is 0 Å². The summed E-state index contributed by atoms with van der Waals surface area (Å²) in [5.74, 6) is -1.52. The molecule has 0 bridgehead atoms. The van der Waals surface area contributed by atoms with Crippen LogP contribution in [0.2, 0.25) is 0 Å². The van der Waals surface area contributed by atoms with Gasteiger partial charge in [-0.3, -0.25) is 19.6 Å². The molecular formula is C19H24N2O4. The summed E-state index contributed by atoms with van der Waals surface area (Å²) in [5.41, 5.74) is 2.35. The van der Waals surface area contributed by atoms with Crippen LogP contribution in [0.3, 0.4) is 0 Å². The van der Waals surface area contributed by atoms with Crippen LogP contribution in [0.5, 0.6) is 0 Å². The van der Waals surface area contributed by atoms with Crippen molar-refractivity contribution >= 4 is 11.9 Å². The second-order valence-corrected chi connectivity index (χ2v) is 5.53. The minimum Gasteiger partial charge on any atom is -0.481 e. The lowest BCUT2D eigenvalue weighted by Gasteiger charge is -1.97. The molecule has 2 rings (SSSR count). The molecule has 0 amide bonds. The molecule has 0 aliphatic rings. The van der Waals surface area contributed by atoms with Crippen molar-refractivity contribution in [3.05, 3.63) is 49.1 Å². The topological polar surface area (TPSA) is 100 Å². The van der Waals surface area contributed by atoms with Crippen molar-refractivity contribution in [3.8, 4) is 11.1 Å². The first-order chi connectivity index (χ1) is 12.1. The van der Waals surface area contributed by atoms with Crippen molar-refractivity contribution < 1.29 is 19.8 Å². The van der Waals surface area contributed by atoms with E-state index in [2.05, 4.69) is 9.97 Å². The molecule has 2 aromatic rings. The highest BCUT2D eigenvalue weighted by Crippen LogP contribution is 2.15. The summed E-state index contributed by atoms with van der Waals surface area (Å²) in [7, 11) is 0. The lowest BCUT2D eigenvalue weighted by Crippen LogP contribution is -1.95. The maximum absolute atomic E-state index is 10.1. The Hall–Kier alpha value is -2.76. The number of carboxylic acid groups (broad SMARTS) is 2. The third kappa shape index (κ3) is 10.6. The molecule has 2 aromatic heterocycles. The SMILES string of the molecule is O=C(O)CCCCCCCC(=O)O.c1cc(-c2ccncc2)ccn1. The standard InChI is InChI=1S/C10H8N2.C9H16O4/c1-5-11-6-2-9(1)10-3-7-12-8-4-10;10-8(11)6-4-2-1-3-5-7-9(12)13/h1-8H;1-7H2,(H,10,11)(H,12,13). The van der Waals surface area contributed by atoms with Gasteiger partial charge in [-0.15, -0.1) is 0 Å². The fourth-order valence-electron chi connectivity index (χ4n) is 2.17. The summed E-state index contributed by atoms with van der Waals surface area (Å²) >= 11 is 0. The van der Waals surface area contributed by atoms with Gasteiger partial charge in [-0.25, -0.2) is 0 Å². The number of hydrogen-bond acceptors (Lipinski definition) is 4. The Morgan fingerprint density at radius 1 is 0.640 bits per heavy atom. The zero-order valence-corrected chi connectivity index (χ0v) is 14.2. The van der Waals surface area contributed by atoms with Crippen LogP contribution in [-0.2, 0) is 9.59 Å². The van der Waals surface area contributed by atoms with Gasteiger partial charge in [0.15, 0.2) is 0 Å². The number of unbranched alkanes of at least 4 members (excludes halogenated alkanes) is 4. The van der Waals surface area contributed by atoms with Gasteiger partial charge in [-0.05, 0) is 48.2 Å². The van der Waals surface area contributed by atoms with Crippen molar-refractivity contribution in [2.45, 2.75) is 44.9 Å². The van der Waals surface area contributed by atoms with E-state index in [1.165, 1.54) is 11.1 Å². The number of carboxylic acids is 2. The van der Waals surface area contributed by atoms with Crippen molar-refractivity contribution in [2.24, 2.45) is 0 Å². The summed E-state index contributed by atoms with van der Waals surface area (Å²) in [4.78, 5) is 28.1. The van der Waals surface area contributed by atoms with Crippen molar-refractivity contribution in [3.63, 3.8) is 0 Å². The van der Waals surface area contributed by atoms with E-state index in [0.717, 1.165) is 19.3 Å². The fraction of sp³-hybridized carbons (Fsp3) is 0.368. The number of rotatable bonds is 9. The van der Waals surface area contributed by atoms with Gasteiger partial charge < -0.3 is 10.2 Å². The van der Waals surface area contributed by atoms with Crippen molar-refractivity contribution in [2.75, 3.05) is 0 Å².